The maximum atomic E-state index is 8.89. The summed E-state index contributed by atoms with van der Waals surface area (Å²) >= 11 is 0. The highest BCUT2D eigenvalue weighted by Gasteiger charge is 2.09. The van der Waals surface area contributed by atoms with E-state index in [1.807, 2.05) is 0 Å². The van der Waals surface area contributed by atoms with Gasteiger partial charge >= 0.3 is 6.01 Å². The Bertz CT molecular complexity index is 269. The van der Waals surface area contributed by atoms with Crippen LogP contribution in [0.3, 0.4) is 0 Å². The second kappa shape index (κ2) is 6.40. The summed E-state index contributed by atoms with van der Waals surface area (Å²) in [7, 11) is 0. The minimum Gasteiger partial charge on any atom is -0.396 e. The third-order valence-corrected chi connectivity index (χ3v) is 2.30. The third kappa shape index (κ3) is 4.29. The molecular formula is C10H19N3O2. The number of hydrogen-bond donors (Lipinski definition) is 2. The van der Waals surface area contributed by atoms with Gasteiger partial charge < -0.3 is 14.9 Å². The van der Waals surface area contributed by atoms with Crippen LogP contribution in [0.25, 0.3) is 0 Å². The normalized spacial score (nSPS) is 12.7. The van der Waals surface area contributed by atoms with E-state index in [9.17, 15) is 0 Å². The third-order valence-electron chi connectivity index (χ3n) is 2.30. The second-order valence-corrected chi connectivity index (χ2v) is 3.69. The summed E-state index contributed by atoms with van der Waals surface area (Å²) in [5, 5.41) is 15.7. The molecule has 1 aromatic rings. The molecule has 1 unspecified atom stereocenters. The van der Waals surface area contributed by atoms with Crippen LogP contribution in [0.1, 0.15) is 32.0 Å². The summed E-state index contributed by atoms with van der Waals surface area (Å²) in [6.45, 7) is 4.93. The maximum Gasteiger partial charge on any atom is 0.321 e. The molecule has 1 heterocycles. The fourth-order valence-electron chi connectivity index (χ4n) is 1.54. The lowest BCUT2D eigenvalue weighted by Crippen LogP contribution is -2.15. The van der Waals surface area contributed by atoms with Crippen molar-refractivity contribution in [1.82, 2.24) is 10.1 Å². The van der Waals surface area contributed by atoms with E-state index in [0.29, 0.717) is 17.8 Å². The Hall–Kier alpha value is -1.10. The summed E-state index contributed by atoms with van der Waals surface area (Å²) in [6, 6.07) is 0.464. The number of anilines is 1. The summed E-state index contributed by atoms with van der Waals surface area (Å²) in [5.74, 6) is 1.10. The average Bonchev–Trinajstić information content (AvgIpc) is 2.61. The molecule has 0 aliphatic carbocycles. The average molecular weight is 213 g/mol. The van der Waals surface area contributed by atoms with Gasteiger partial charge in [-0.15, -0.1) is 0 Å². The molecule has 1 rings (SSSR count). The molecule has 0 aliphatic rings. The van der Waals surface area contributed by atoms with Crippen molar-refractivity contribution in [3.05, 3.63) is 5.82 Å². The van der Waals surface area contributed by atoms with Crippen molar-refractivity contribution < 1.29 is 9.63 Å². The zero-order valence-electron chi connectivity index (χ0n) is 9.36. The molecule has 0 saturated carbocycles. The van der Waals surface area contributed by atoms with Gasteiger partial charge in [-0.25, -0.2) is 0 Å². The Kier molecular flexibility index (Phi) is 5.10. The Labute approximate surface area is 89.9 Å². The van der Waals surface area contributed by atoms with Gasteiger partial charge in [-0.05, 0) is 25.7 Å². The smallest absolute Gasteiger partial charge is 0.321 e. The Balaban J connectivity index is 2.32. The van der Waals surface area contributed by atoms with Crippen molar-refractivity contribution in [3.8, 4) is 0 Å². The molecular weight excluding hydrogens is 194 g/mol. The predicted octanol–water partition coefficient (Wildman–Crippen LogP) is 1.59. The van der Waals surface area contributed by atoms with E-state index in [2.05, 4.69) is 22.4 Å². The molecule has 5 heteroatoms. The number of aliphatic hydroxyl groups excluding tert-OH is 1. The zero-order chi connectivity index (χ0) is 11.1. The molecule has 0 aliphatic heterocycles. The Morgan fingerprint density at radius 2 is 2.27 bits per heavy atom. The van der Waals surface area contributed by atoms with E-state index < -0.39 is 0 Å². The number of hydrogen-bond acceptors (Lipinski definition) is 5. The summed E-state index contributed by atoms with van der Waals surface area (Å²) in [6.07, 6.45) is 3.03. The van der Waals surface area contributed by atoms with Gasteiger partial charge in [0.2, 0.25) is 0 Å². The molecule has 0 saturated heterocycles. The lowest BCUT2D eigenvalue weighted by atomic mass is 10.0. The highest BCUT2D eigenvalue weighted by Crippen LogP contribution is 2.12. The first-order chi connectivity index (χ1) is 7.26. The molecule has 0 bridgehead atoms. The van der Waals surface area contributed by atoms with E-state index >= 15 is 0 Å². The Morgan fingerprint density at radius 3 is 2.80 bits per heavy atom. The summed E-state index contributed by atoms with van der Waals surface area (Å²) in [4.78, 5) is 4.05. The standard InChI is InChI=1S/C10H19N3O2/c1-3-4-9(5-6-14)7-11-10-12-8(2)13-15-10/h9,14H,3-7H2,1-2H3,(H,11,12,13). The summed E-state index contributed by atoms with van der Waals surface area (Å²) < 4.78 is 4.94. The van der Waals surface area contributed by atoms with E-state index in [1.54, 1.807) is 6.92 Å². The van der Waals surface area contributed by atoms with Crippen LogP contribution >= 0.6 is 0 Å². The van der Waals surface area contributed by atoms with Gasteiger partial charge in [-0.1, -0.05) is 18.5 Å². The van der Waals surface area contributed by atoms with Crippen molar-refractivity contribution in [3.63, 3.8) is 0 Å². The van der Waals surface area contributed by atoms with Crippen molar-refractivity contribution in [1.29, 1.82) is 0 Å². The number of nitrogens with one attached hydrogen (secondary N) is 1. The topological polar surface area (TPSA) is 71.2 Å². The van der Waals surface area contributed by atoms with Crippen LogP contribution in [0.2, 0.25) is 0 Å². The van der Waals surface area contributed by atoms with Crippen molar-refractivity contribution in [2.24, 2.45) is 5.92 Å². The molecule has 2 N–H and O–H groups in total. The van der Waals surface area contributed by atoms with Crippen LogP contribution in [0.4, 0.5) is 6.01 Å². The molecule has 0 aromatic carbocycles. The molecule has 5 nitrogen and oxygen atoms in total. The van der Waals surface area contributed by atoms with Gasteiger partial charge in [-0.3, -0.25) is 0 Å². The molecule has 0 radical (unpaired) electrons. The van der Waals surface area contributed by atoms with Gasteiger partial charge in [0.15, 0.2) is 5.82 Å². The molecule has 0 amide bonds. The van der Waals surface area contributed by atoms with Crippen LogP contribution in [-0.4, -0.2) is 28.4 Å². The number of rotatable bonds is 7. The summed E-state index contributed by atoms with van der Waals surface area (Å²) in [5.41, 5.74) is 0. The van der Waals surface area contributed by atoms with Crippen LogP contribution in [0.15, 0.2) is 4.52 Å². The van der Waals surface area contributed by atoms with Crippen molar-refractivity contribution in [2.75, 3.05) is 18.5 Å². The van der Waals surface area contributed by atoms with Gasteiger partial charge in [0.25, 0.3) is 0 Å². The maximum absolute atomic E-state index is 8.89. The lowest BCUT2D eigenvalue weighted by molar-refractivity contribution is 0.254. The number of aryl methyl sites for hydroxylation is 1. The molecule has 86 valence electrons. The van der Waals surface area contributed by atoms with E-state index in [4.69, 9.17) is 9.63 Å². The largest absolute Gasteiger partial charge is 0.396 e. The SMILES string of the molecule is CCCC(CCO)CNc1nc(C)no1. The minimum absolute atomic E-state index is 0.231. The molecule has 0 spiro atoms. The lowest BCUT2D eigenvalue weighted by Gasteiger charge is -2.14. The first-order valence-corrected chi connectivity index (χ1v) is 5.41. The minimum atomic E-state index is 0.231. The number of nitrogens with zero attached hydrogens (tertiary/aromatic N) is 2. The molecule has 15 heavy (non-hydrogen) atoms. The van der Waals surface area contributed by atoms with Gasteiger partial charge in [0.1, 0.15) is 0 Å². The highest BCUT2D eigenvalue weighted by molar-refractivity contribution is 5.17. The van der Waals surface area contributed by atoms with Crippen molar-refractivity contribution >= 4 is 6.01 Å². The van der Waals surface area contributed by atoms with Gasteiger partial charge in [0.05, 0.1) is 0 Å². The van der Waals surface area contributed by atoms with Crippen LogP contribution in [0, 0.1) is 12.8 Å². The highest BCUT2D eigenvalue weighted by atomic mass is 16.5. The molecule has 0 fully saturated rings. The fourth-order valence-corrected chi connectivity index (χ4v) is 1.54. The fraction of sp³-hybridized carbons (Fsp3) is 0.800. The molecule has 1 atom stereocenters. The van der Waals surface area contributed by atoms with Crippen LogP contribution in [-0.2, 0) is 0 Å². The van der Waals surface area contributed by atoms with Gasteiger partial charge in [-0.2, -0.15) is 4.98 Å². The predicted molar refractivity (Wildman–Crippen MR) is 57.6 cm³/mol. The Morgan fingerprint density at radius 1 is 1.47 bits per heavy atom. The monoisotopic (exact) mass is 213 g/mol. The number of aromatic nitrogens is 2. The van der Waals surface area contributed by atoms with Crippen LogP contribution < -0.4 is 5.32 Å². The van der Waals surface area contributed by atoms with E-state index in [0.717, 1.165) is 25.8 Å². The number of aliphatic hydroxyl groups is 1. The van der Waals surface area contributed by atoms with E-state index in [-0.39, 0.29) is 6.61 Å². The van der Waals surface area contributed by atoms with E-state index in [1.165, 1.54) is 0 Å². The van der Waals surface area contributed by atoms with Gasteiger partial charge in [0, 0.05) is 13.2 Å². The first-order valence-electron chi connectivity index (χ1n) is 5.41. The molecule has 1 aromatic heterocycles. The first kappa shape index (κ1) is 12.0. The second-order valence-electron chi connectivity index (χ2n) is 3.69. The van der Waals surface area contributed by atoms with Crippen molar-refractivity contribution in [2.45, 2.75) is 33.1 Å². The van der Waals surface area contributed by atoms with Crippen LogP contribution in [0.5, 0.6) is 0 Å². The quantitative estimate of drug-likeness (QED) is 0.719. The zero-order valence-corrected chi connectivity index (χ0v) is 9.36.